The van der Waals surface area contributed by atoms with Crippen LogP contribution < -0.4 is 11.3 Å². The van der Waals surface area contributed by atoms with Gasteiger partial charge in [0.1, 0.15) is 6.33 Å². The first-order valence-corrected chi connectivity index (χ1v) is 6.73. The summed E-state index contributed by atoms with van der Waals surface area (Å²) in [5.41, 5.74) is 2.12. The molecule has 98 valence electrons. The molecule has 0 saturated heterocycles. The molecule has 1 aliphatic carbocycles. The number of rotatable bonds is 4. The maximum atomic E-state index is 11.1. The van der Waals surface area contributed by atoms with Crippen LogP contribution in [0.4, 0.5) is 11.5 Å². The van der Waals surface area contributed by atoms with Crippen LogP contribution in [0.5, 0.6) is 0 Å². The topological polar surface area (TPSA) is 107 Å². The van der Waals surface area contributed by atoms with Crippen molar-refractivity contribution in [2.24, 2.45) is 5.84 Å². The van der Waals surface area contributed by atoms with Crippen LogP contribution in [0.15, 0.2) is 11.4 Å². The molecule has 0 spiro atoms. The van der Waals surface area contributed by atoms with E-state index in [0.717, 1.165) is 12.8 Å². The Morgan fingerprint density at radius 1 is 1.39 bits per heavy atom. The molecule has 1 saturated carbocycles. The van der Waals surface area contributed by atoms with Gasteiger partial charge in [0.25, 0.3) is 0 Å². The van der Waals surface area contributed by atoms with E-state index in [1.54, 1.807) is 0 Å². The Labute approximate surface area is 109 Å². The Hall–Kier alpha value is -1.41. The normalized spacial score (nSPS) is 16.5. The molecule has 1 aliphatic rings. The summed E-state index contributed by atoms with van der Waals surface area (Å²) in [6.07, 6.45) is 7.07. The third kappa shape index (κ3) is 2.88. The van der Waals surface area contributed by atoms with Gasteiger partial charge in [0.05, 0.1) is 4.92 Å². The number of anilines is 1. The fraction of sp³-hybridized carbons (Fsp3) is 0.600. The number of hydrazine groups is 1. The van der Waals surface area contributed by atoms with Gasteiger partial charge in [-0.1, -0.05) is 31.0 Å². The molecular formula is C10H15N5O2S. The molecule has 1 aromatic heterocycles. The highest BCUT2D eigenvalue weighted by Gasteiger charge is 2.26. The van der Waals surface area contributed by atoms with Gasteiger partial charge in [0, 0.05) is 5.25 Å². The molecule has 1 fully saturated rings. The first kappa shape index (κ1) is 13.0. The monoisotopic (exact) mass is 269 g/mol. The van der Waals surface area contributed by atoms with Gasteiger partial charge in [-0.25, -0.2) is 15.8 Å². The molecule has 1 heterocycles. The standard InChI is InChI=1S/C10H15N5O2S/c11-14-9-8(15(16)17)10(13-6-12-9)18-7-4-2-1-3-5-7/h6-7H,1-5,11H2,(H,12,13,14). The molecule has 18 heavy (non-hydrogen) atoms. The van der Waals surface area contributed by atoms with Crippen LogP contribution >= 0.6 is 11.8 Å². The van der Waals surface area contributed by atoms with Crippen LogP contribution in [-0.2, 0) is 0 Å². The molecule has 0 aliphatic heterocycles. The number of nitrogens with one attached hydrogen (secondary N) is 1. The number of aromatic nitrogens is 2. The lowest BCUT2D eigenvalue weighted by Crippen LogP contribution is -2.13. The largest absolute Gasteiger partial charge is 0.344 e. The minimum Gasteiger partial charge on any atom is -0.303 e. The second kappa shape index (κ2) is 5.96. The molecule has 0 unspecified atom stereocenters. The number of nitro groups is 1. The summed E-state index contributed by atoms with van der Waals surface area (Å²) in [5.74, 6) is 5.30. The van der Waals surface area contributed by atoms with E-state index in [1.165, 1.54) is 37.4 Å². The molecule has 0 amide bonds. The lowest BCUT2D eigenvalue weighted by molar-refractivity contribution is -0.387. The van der Waals surface area contributed by atoms with E-state index in [1.807, 2.05) is 0 Å². The third-order valence-electron chi connectivity index (χ3n) is 2.94. The molecule has 0 aromatic carbocycles. The van der Waals surface area contributed by atoms with E-state index in [4.69, 9.17) is 5.84 Å². The van der Waals surface area contributed by atoms with Crippen molar-refractivity contribution in [3.8, 4) is 0 Å². The third-order valence-corrected chi connectivity index (χ3v) is 4.27. The summed E-state index contributed by atoms with van der Waals surface area (Å²) in [7, 11) is 0. The van der Waals surface area contributed by atoms with Crippen molar-refractivity contribution in [1.82, 2.24) is 9.97 Å². The number of hydrogen-bond donors (Lipinski definition) is 2. The van der Waals surface area contributed by atoms with Crippen molar-refractivity contribution in [3.05, 3.63) is 16.4 Å². The number of nitrogens with zero attached hydrogens (tertiary/aromatic N) is 3. The van der Waals surface area contributed by atoms with E-state index >= 15 is 0 Å². The summed E-state index contributed by atoms with van der Waals surface area (Å²) in [4.78, 5) is 18.4. The van der Waals surface area contributed by atoms with Gasteiger partial charge in [0.2, 0.25) is 5.82 Å². The summed E-state index contributed by atoms with van der Waals surface area (Å²) in [6.45, 7) is 0. The van der Waals surface area contributed by atoms with E-state index in [2.05, 4.69) is 15.4 Å². The molecule has 3 N–H and O–H groups in total. The zero-order chi connectivity index (χ0) is 13.0. The molecular weight excluding hydrogens is 254 g/mol. The Bertz CT molecular complexity index is 436. The van der Waals surface area contributed by atoms with Crippen LogP contribution in [-0.4, -0.2) is 20.1 Å². The molecule has 0 bridgehead atoms. The fourth-order valence-electron chi connectivity index (χ4n) is 2.06. The van der Waals surface area contributed by atoms with Gasteiger partial charge in [-0.15, -0.1) is 0 Å². The smallest absolute Gasteiger partial charge is 0.303 e. The van der Waals surface area contributed by atoms with Crippen molar-refractivity contribution < 1.29 is 4.92 Å². The van der Waals surface area contributed by atoms with E-state index in [0.29, 0.717) is 10.3 Å². The molecule has 1 aromatic rings. The summed E-state index contributed by atoms with van der Waals surface area (Å²) in [5, 5.41) is 11.9. The van der Waals surface area contributed by atoms with E-state index < -0.39 is 4.92 Å². The Morgan fingerprint density at radius 2 is 2.11 bits per heavy atom. The SMILES string of the molecule is NNc1ncnc(SC2CCCCC2)c1[N+](=O)[O-]. The van der Waals surface area contributed by atoms with Crippen molar-refractivity contribution in [2.75, 3.05) is 5.43 Å². The quantitative estimate of drug-likeness (QED) is 0.373. The van der Waals surface area contributed by atoms with Gasteiger partial charge >= 0.3 is 5.69 Å². The van der Waals surface area contributed by atoms with Gasteiger partial charge in [-0.3, -0.25) is 10.1 Å². The Kier molecular flexibility index (Phi) is 4.32. The van der Waals surface area contributed by atoms with E-state index in [9.17, 15) is 10.1 Å². The maximum Gasteiger partial charge on any atom is 0.344 e. The second-order valence-electron chi connectivity index (χ2n) is 4.16. The first-order valence-electron chi connectivity index (χ1n) is 5.85. The van der Waals surface area contributed by atoms with Crippen LogP contribution in [0.1, 0.15) is 32.1 Å². The summed E-state index contributed by atoms with van der Waals surface area (Å²) >= 11 is 1.46. The minimum atomic E-state index is -0.486. The lowest BCUT2D eigenvalue weighted by atomic mass is 10.0. The van der Waals surface area contributed by atoms with Gasteiger partial charge in [-0.05, 0) is 12.8 Å². The molecule has 0 atom stereocenters. The van der Waals surface area contributed by atoms with Crippen molar-refractivity contribution in [1.29, 1.82) is 0 Å². The summed E-state index contributed by atoms with van der Waals surface area (Å²) < 4.78 is 0. The number of hydrogen-bond acceptors (Lipinski definition) is 7. The Balaban J connectivity index is 2.23. The van der Waals surface area contributed by atoms with Gasteiger partial charge in [0.15, 0.2) is 5.03 Å². The van der Waals surface area contributed by atoms with Crippen molar-refractivity contribution >= 4 is 23.3 Å². The average molecular weight is 269 g/mol. The lowest BCUT2D eigenvalue weighted by Gasteiger charge is -2.20. The van der Waals surface area contributed by atoms with Crippen molar-refractivity contribution in [3.63, 3.8) is 0 Å². The zero-order valence-electron chi connectivity index (χ0n) is 9.83. The highest BCUT2D eigenvalue weighted by molar-refractivity contribution is 8.00. The van der Waals surface area contributed by atoms with Gasteiger partial charge in [-0.2, -0.15) is 0 Å². The van der Waals surface area contributed by atoms with Crippen LogP contribution in [0.25, 0.3) is 0 Å². The highest BCUT2D eigenvalue weighted by Crippen LogP contribution is 2.38. The van der Waals surface area contributed by atoms with Crippen molar-refractivity contribution in [2.45, 2.75) is 42.4 Å². The van der Waals surface area contributed by atoms with E-state index in [-0.39, 0.29) is 11.5 Å². The summed E-state index contributed by atoms with van der Waals surface area (Å²) in [6, 6.07) is 0. The number of nitrogens with two attached hydrogens (primary N) is 1. The zero-order valence-corrected chi connectivity index (χ0v) is 10.7. The average Bonchev–Trinajstić information content (AvgIpc) is 2.39. The van der Waals surface area contributed by atoms with Gasteiger partial charge < -0.3 is 5.43 Å². The Morgan fingerprint density at radius 3 is 2.72 bits per heavy atom. The van der Waals surface area contributed by atoms with Crippen LogP contribution in [0.3, 0.4) is 0 Å². The molecule has 8 heteroatoms. The molecule has 2 rings (SSSR count). The number of nitrogen functional groups attached to an aromatic ring is 1. The molecule has 0 radical (unpaired) electrons. The predicted molar refractivity (Wildman–Crippen MR) is 69.2 cm³/mol. The first-order chi connectivity index (χ1) is 8.72. The molecule has 7 nitrogen and oxygen atoms in total. The highest BCUT2D eigenvalue weighted by atomic mass is 32.2. The van der Waals surface area contributed by atoms with Crippen LogP contribution in [0, 0.1) is 10.1 Å². The van der Waals surface area contributed by atoms with Crippen LogP contribution in [0.2, 0.25) is 0 Å². The maximum absolute atomic E-state index is 11.1. The number of thioether (sulfide) groups is 1. The predicted octanol–water partition coefficient (Wildman–Crippen LogP) is 2.10. The minimum absolute atomic E-state index is 0.0632. The second-order valence-corrected chi connectivity index (χ2v) is 5.44. The fourth-order valence-corrected chi connectivity index (χ4v) is 3.34.